The van der Waals surface area contributed by atoms with Crippen LogP contribution in [0.1, 0.15) is 0 Å². The maximum atomic E-state index is 6.06. The topological polar surface area (TPSA) is 51.8 Å². The van der Waals surface area contributed by atoms with Gasteiger partial charge in [0.15, 0.2) is 0 Å². The largest absolute Gasteiger partial charge is 0.368 e. The molecule has 3 rings (SSSR count). The fourth-order valence-corrected chi connectivity index (χ4v) is 2.27. The number of nitrogens with zero attached hydrogens (tertiary/aromatic N) is 2. The molecule has 2 N–H and O–H groups in total. The van der Waals surface area contributed by atoms with Gasteiger partial charge >= 0.3 is 0 Å². The van der Waals surface area contributed by atoms with Crippen molar-refractivity contribution >= 4 is 17.5 Å². The first-order valence-corrected chi connectivity index (χ1v) is 6.56. The lowest BCUT2D eigenvalue weighted by Gasteiger charge is -2.09. The van der Waals surface area contributed by atoms with Gasteiger partial charge in [-0.05, 0) is 17.7 Å². The van der Waals surface area contributed by atoms with Gasteiger partial charge < -0.3 is 5.73 Å². The number of halogens is 1. The molecule has 0 amide bonds. The van der Waals surface area contributed by atoms with Crippen LogP contribution in [0.15, 0.2) is 60.8 Å². The molecule has 0 saturated heterocycles. The molecule has 0 fully saturated rings. The van der Waals surface area contributed by atoms with Gasteiger partial charge in [0, 0.05) is 22.3 Å². The van der Waals surface area contributed by atoms with Gasteiger partial charge in [0.05, 0.1) is 5.69 Å². The molecule has 0 unspecified atom stereocenters. The van der Waals surface area contributed by atoms with Crippen LogP contribution in [0.2, 0.25) is 5.02 Å². The Morgan fingerprint density at radius 3 is 2.40 bits per heavy atom. The quantitative estimate of drug-likeness (QED) is 0.771. The standard InChI is InChI=1S/C16H12ClN3/c17-13-8-4-7-12(9-13)14-10-19-16(18)20-15(14)11-5-2-1-3-6-11/h1-10H,(H2,18,19,20). The summed E-state index contributed by atoms with van der Waals surface area (Å²) in [5.74, 6) is 0.259. The van der Waals surface area contributed by atoms with E-state index >= 15 is 0 Å². The van der Waals surface area contributed by atoms with Gasteiger partial charge in [-0.3, -0.25) is 0 Å². The van der Waals surface area contributed by atoms with Crippen molar-refractivity contribution in [2.24, 2.45) is 0 Å². The van der Waals surface area contributed by atoms with Gasteiger partial charge in [0.25, 0.3) is 0 Å². The number of nitrogens with two attached hydrogens (primary N) is 1. The van der Waals surface area contributed by atoms with Crippen LogP contribution in [-0.4, -0.2) is 9.97 Å². The van der Waals surface area contributed by atoms with E-state index < -0.39 is 0 Å². The summed E-state index contributed by atoms with van der Waals surface area (Å²) in [6, 6.07) is 17.5. The van der Waals surface area contributed by atoms with E-state index in [1.807, 2.05) is 54.6 Å². The molecule has 2 aromatic carbocycles. The molecule has 0 atom stereocenters. The van der Waals surface area contributed by atoms with E-state index in [0.717, 1.165) is 22.4 Å². The molecular weight excluding hydrogens is 270 g/mol. The predicted molar refractivity (Wildman–Crippen MR) is 82.3 cm³/mol. The first kappa shape index (κ1) is 12.6. The van der Waals surface area contributed by atoms with Crippen LogP contribution in [0.4, 0.5) is 5.95 Å². The lowest BCUT2D eigenvalue weighted by molar-refractivity contribution is 1.19. The van der Waals surface area contributed by atoms with E-state index in [0.29, 0.717) is 5.02 Å². The molecule has 1 aromatic heterocycles. The van der Waals surface area contributed by atoms with Crippen molar-refractivity contribution in [3.05, 3.63) is 65.8 Å². The third kappa shape index (κ3) is 2.49. The van der Waals surface area contributed by atoms with Gasteiger partial charge in [0.1, 0.15) is 0 Å². The van der Waals surface area contributed by atoms with Crippen molar-refractivity contribution < 1.29 is 0 Å². The Morgan fingerprint density at radius 2 is 1.65 bits per heavy atom. The second-order valence-corrected chi connectivity index (χ2v) is 4.80. The van der Waals surface area contributed by atoms with Gasteiger partial charge in [-0.2, -0.15) is 0 Å². The summed E-state index contributed by atoms with van der Waals surface area (Å²) in [6.07, 6.45) is 1.73. The van der Waals surface area contributed by atoms with E-state index in [-0.39, 0.29) is 5.95 Å². The smallest absolute Gasteiger partial charge is 0.220 e. The predicted octanol–water partition coefficient (Wildman–Crippen LogP) is 4.05. The van der Waals surface area contributed by atoms with E-state index in [4.69, 9.17) is 17.3 Å². The summed E-state index contributed by atoms with van der Waals surface area (Å²) in [5, 5.41) is 0.679. The molecule has 0 aliphatic rings. The molecule has 0 aliphatic heterocycles. The fourth-order valence-electron chi connectivity index (χ4n) is 2.08. The second kappa shape index (κ2) is 5.31. The minimum absolute atomic E-state index is 0.259. The SMILES string of the molecule is Nc1ncc(-c2cccc(Cl)c2)c(-c2ccccc2)n1. The number of anilines is 1. The molecule has 0 bridgehead atoms. The highest BCUT2D eigenvalue weighted by molar-refractivity contribution is 6.30. The van der Waals surface area contributed by atoms with Gasteiger partial charge in [0.2, 0.25) is 5.95 Å². The maximum Gasteiger partial charge on any atom is 0.220 e. The van der Waals surface area contributed by atoms with E-state index in [9.17, 15) is 0 Å². The lowest BCUT2D eigenvalue weighted by atomic mass is 10.0. The Kier molecular flexibility index (Phi) is 3.35. The first-order valence-electron chi connectivity index (χ1n) is 6.18. The highest BCUT2D eigenvalue weighted by Gasteiger charge is 2.10. The summed E-state index contributed by atoms with van der Waals surface area (Å²) < 4.78 is 0. The zero-order chi connectivity index (χ0) is 13.9. The Hall–Kier alpha value is -2.39. The second-order valence-electron chi connectivity index (χ2n) is 4.37. The van der Waals surface area contributed by atoms with Crippen molar-refractivity contribution in [1.29, 1.82) is 0 Å². The van der Waals surface area contributed by atoms with Crippen LogP contribution in [0.3, 0.4) is 0 Å². The maximum absolute atomic E-state index is 6.06. The summed E-state index contributed by atoms with van der Waals surface area (Å²) in [4.78, 5) is 8.47. The van der Waals surface area contributed by atoms with E-state index in [1.165, 1.54) is 0 Å². The highest BCUT2D eigenvalue weighted by Crippen LogP contribution is 2.31. The van der Waals surface area contributed by atoms with Gasteiger partial charge in [-0.25, -0.2) is 9.97 Å². The van der Waals surface area contributed by atoms with Crippen LogP contribution in [0, 0.1) is 0 Å². The third-order valence-electron chi connectivity index (χ3n) is 2.99. The first-order chi connectivity index (χ1) is 9.74. The number of hydrogen-bond donors (Lipinski definition) is 1. The molecule has 0 spiro atoms. The number of benzene rings is 2. The van der Waals surface area contributed by atoms with Gasteiger partial charge in [-0.1, -0.05) is 54.1 Å². The number of aromatic nitrogens is 2. The molecule has 0 radical (unpaired) electrons. The Balaban J connectivity index is 2.22. The molecule has 98 valence electrons. The normalized spacial score (nSPS) is 10.4. The number of nitrogen functional groups attached to an aromatic ring is 1. The van der Waals surface area contributed by atoms with Gasteiger partial charge in [-0.15, -0.1) is 0 Å². The minimum atomic E-state index is 0.259. The van der Waals surface area contributed by atoms with Crippen LogP contribution in [-0.2, 0) is 0 Å². The third-order valence-corrected chi connectivity index (χ3v) is 3.23. The molecule has 0 saturated carbocycles. The highest BCUT2D eigenvalue weighted by atomic mass is 35.5. The average Bonchev–Trinajstić information content (AvgIpc) is 2.48. The lowest BCUT2D eigenvalue weighted by Crippen LogP contribution is -1.98. The minimum Gasteiger partial charge on any atom is -0.368 e. The molecule has 3 nitrogen and oxygen atoms in total. The van der Waals surface area contributed by atoms with Crippen LogP contribution >= 0.6 is 11.6 Å². The van der Waals surface area contributed by atoms with Crippen LogP contribution < -0.4 is 5.73 Å². The zero-order valence-electron chi connectivity index (χ0n) is 10.6. The average molecular weight is 282 g/mol. The molecular formula is C16H12ClN3. The number of rotatable bonds is 2. The van der Waals surface area contributed by atoms with Crippen molar-refractivity contribution in [3.8, 4) is 22.4 Å². The van der Waals surface area contributed by atoms with Crippen molar-refractivity contribution in [3.63, 3.8) is 0 Å². The van der Waals surface area contributed by atoms with Crippen LogP contribution in [0.25, 0.3) is 22.4 Å². The molecule has 1 heterocycles. The van der Waals surface area contributed by atoms with Crippen molar-refractivity contribution in [2.75, 3.05) is 5.73 Å². The summed E-state index contributed by atoms with van der Waals surface area (Å²) >= 11 is 6.06. The van der Waals surface area contributed by atoms with Crippen molar-refractivity contribution in [2.45, 2.75) is 0 Å². The van der Waals surface area contributed by atoms with E-state index in [1.54, 1.807) is 6.20 Å². The molecule has 0 aliphatic carbocycles. The van der Waals surface area contributed by atoms with Crippen LogP contribution in [0.5, 0.6) is 0 Å². The van der Waals surface area contributed by atoms with Crippen molar-refractivity contribution in [1.82, 2.24) is 9.97 Å². The Labute approximate surface area is 122 Å². The monoisotopic (exact) mass is 281 g/mol. The van der Waals surface area contributed by atoms with E-state index in [2.05, 4.69) is 9.97 Å². The Morgan fingerprint density at radius 1 is 0.900 bits per heavy atom. The fraction of sp³-hybridized carbons (Fsp3) is 0. The summed E-state index contributed by atoms with van der Waals surface area (Å²) in [7, 11) is 0. The molecule has 3 aromatic rings. The Bertz CT molecular complexity index is 742. The summed E-state index contributed by atoms with van der Waals surface area (Å²) in [6.45, 7) is 0. The molecule has 4 heteroatoms. The zero-order valence-corrected chi connectivity index (χ0v) is 11.4. The molecule has 20 heavy (non-hydrogen) atoms. The number of hydrogen-bond acceptors (Lipinski definition) is 3. The summed E-state index contributed by atoms with van der Waals surface area (Å²) in [5.41, 5.74) is 9.41.